The number of hydrogen-bond donors (Lipinski definition) is 0. The van der Waals surface area contributed by atoms with Crippen LogP contribution in [0.25, 0.3) is 6.08 Å². The molecule has 0 amide bonds. The molecule has 2 heterocycles. The molecule has 2 aliphatic heterocycles. The van der Waals surface area contributed by atoms with E-state index in [2.05, 4.69) is 4.90 Å². The zero-order chi connectivity index (χ0) is 22.4. The van der Waals surface area contributed by atoms with Crippen LogP contribution < -0.4 is 9.47 Å². The summed E-state index contributed by atoms with van der Waals surface area (Å²) in [5.74, 6) is 0.799. The molecule has 162 valence electrons. The maximum absolute atomic E-state index is 13.5. The maximum atomic E-state index is 13.5. The van der Waals surface area contributed by atoms with Crippen molar-refractivity contribution in [3.63, 3.8) is 0 Å². The molecule has 5 rings (SSSR count). The topological polar surface area (TPSA) is 38.8 Å². The Morgan fingerprint density at radius 1 is 1.09 bits per heavy atom. The number of ketones is 1. The molecule has 3 aromatic carbocycles. The van der Waals surface area contributed by atoms with Gasteiger partial charge in [-0.25, -0.2) is 4.39 Å². The van der Waals surface area contributed by atoms with Crippen molar-refractivity contribution >= 4 is 35.1 Å². The second-order valence-electron chi connectivity index (χ2n) is 7.87. The third-order valence-electron chi connectivity index (χ3n) is 5.54. The quantitative estimate of drug-likeness (QED) is 0.415. The molecule has 0 saturated carbocycles. The van der Waals surface area contributed by atoms with E-state index >= 15 is 0 Å². The van der Waals surface area contributed by atoms with E-state index in [-0.39, 0.29) is 17.4 Å². The molecular formula is C25H18Cl2FNO3. The Kier molecular flexibility index (Phi) is 5.41. The number of carbonyl (C=O) groups excluding carboxylic acids is 1. The zero-order valence-corrected chi connectivity index (χ0v) is 18.6. The summed E-state index contributed by atoms with van der Waals surface area (Å²) >= 11 is 12.1. The third-order valence-corrected chi connectivity index (χ3v) is 6.28. The van der Waals surface area contributed by atoms with E-state index in [0.29, 0.717) is 46.7 Å². The van der Waals surface area contributed by atoms with Gasteiger partial charge in [-0.15, -0.1) is 0 Å². The Bertz CT molecular complexity index is 1290. The lowest BCUT2D eigenvalue weighted by Gasteiger charge is -2.30. The minimum Gasteiger partial charge on any atom is -0.477 e. The molecule has 0 atom stereocenters. The molecular weight excluding hydrogens is 452 g/mol. The summed E-state index contributed by atoms with van der Waals surface area (Å²) in [6.45, 7) is 3.51. The van der Waals surface area contributed by atoms with Crippen LogP contribution in [0, 0.1) is 12.7 Å². The fourth-order valence-electron chi connectivity index (χ4n) is 4.04. The van der Waals surface area contributed by atoms with Gasteiger partial charge in [0.05, 0.1) is 15.6 Å². The molecule has 7 heteroatoms. The maximum Gasteiger partial charge on any atom is 0.231 e. The van der Waals surface area contributed by atoms with Crippen LogP contribution in [-0.2, 0) is 13.1 Å². The molecule has 0 aromatic heterocycles. The van der Waals surface area contributed by atoms with Gasteiger partial charge < -0.3 is 9.47 Å². The predicted octanol–water partition coefficient (Wildman–Crippen LogP) is 6.41. The van der Waals surface area contributed by atoms with Crippen LogP contribution in [0.2, 0.25) is 10.0 Å². The Morgan fingerprint density at radius 3 is 2.72 bits per heavy atom. The van der Waals surface area contributed by atoms with Gasteiger partial charge >= 0.3 is 0 Å². The molecule has 2 aliphatic rings. The van der Waals surface area contributed by atoms with E-state index in [1.165, 1.54) is 12.1 Å². The second-order valence-corrected chi connectivity index (χ2v) is 8.68. The first-order valence-electron chi connectivity index (χ1n) is 10.0. The smallest absolute Gasteiger partial charge is 0.231 e. The van der Waals surface area contributed by atoms with Crippen LogP contribution in [0.3, 0.4) is 0 Å². The van der Waals surface area contributed by atoms with Crippen molar-refractivity contribution in [2.24, 2.45) is 0 Å². The van der Waals surface area contributed by atoms with Gasteiger partial charge in [0, 0.05) is 24.2 Å². The highest BCUT2D eigenvalue weighted by Gasteiger charge is 2.33. The minimum absolute atomic E-state index is 0.170. The van der Waals surface area contributed by atoms with E-state index in [4.69, 9.17) is 32.7 Å². The van der Waals surface area contributed by atoms with E-state index in [1.54, 1.807) is 24.3 Å². The average molecular weight is 470 g/mol. The molecule has 0 saturated heterocycles. The highest BCUT2D eigenvalue weighted by molar-refractivity contribution is 6.42. The van der Waals surface area contributed by atoms with Gasteiger partial charge in [-0.05, 0) is 54.5 Å². The lowest BCUT2D eigenvalue weighted by molar-refractivity contribution is 0.0876. The van der Waals surface area contributed by atoms with Crippen molar-refractivity contribution < 1.29 is 18.7 Å². The van der Waals surface area contributed by atoms with E-state index in [0.717, 1.165) is 22.4 Å². The number of hydrogen-bond acceptors (Lipinski definition) is 4. The number of benzene rings is 3. The van der Waals surface area contributed by atoms with Crippen molar-refractivity contribution in [2.75, 3.05) is 6.73 Å². The van der Waals surface area contributed by atoms with Crippen molar-refractivity contribution in [1.29, 1.82) is 0 Å². The van der Waals surface area contributed by atoms with E-state index < -0.39 is 0 Å². The van der Waals surface area contributed by atoms with Crippen molar-refractivity contribution in [3.05, 3.63) is 98.0 Å². The van der Waals surface area contributed by atoms with Gasteiger partial charge in [0.1, 0.15) is 24.0 Å². The molecule has 0 bridgehead atoms. The molecule has 0 spiro atoms. The summed E-state index contributed by atoms with van der Waals surface area (Å²) < 4.78 is 25.4. The molecule has 0 unspecified atom stereocenters. The van der Waals surface area contributed by atoms with E-state index in [9.17, 15) is 9.18 Å². The second kappa shape index (κ2) is 8.24. The van der Waals surface area contributed by atoms with Crippen LogP contribution in [0.5, 0.6) is 11.5 Å². The van der Waals surface area contributed by atoms with E-state index in [1.807, 2.05) is 25.1 Å². The molecule has 3 aromatic rings. The molecule has 0 fully saturated rings. The third kappa shape index (κ3) is 3.88. The first kappa shape index (κ1) is 21.0. The van der Waals surface area contributed by atoms with Gasteiger partial charge in [0.2, 0.25) is 5.78 Å². The highest BCUT2D eigenvalue weighted by Crippen LogP contribution is 2.43. The zero-order valence-electron chi connectivity index (χ0n) is 17.1. The molecule has 32 heavy (non-hydrogen) atoms. The Balaban J connectivity index is 1.41. The van der Waals surface area contributed by atoms with Gasteiger partial charge in [-0.1, -0.05) is 41.4 Å². The average Bonchev–Trinajstić information content (AvgIpc) is 3.07. The Morgan fingerprint density at radius 2 is 1.94 bits per heavy atom. The number of nitrogens with zero attached hydrogens (tertiary/aromatic N) is 1. The van der Waals surface area contributed by atoms with Crippen LogP contribution >= 0.6 is 23.2 Å². The fourth-order valence-corrected chi connectivity index (χ4v) is 4.36. The number of ether oxygens (including phenoxy) is 2. The Hall–Kier alpha value is -2.86. The summed E-state index contributed by atoms with van der Waals surface area (Å²) in [6, 6.07) is 13.4. The standard InChI is InChI=1S/C25H18Cl2FNO3/c1-14-24-17(12-29(13-31-24)11-16-5-6-20(26)21(27)8-16)10-19-23(30)22(32-25(14)19)9-15-3-2-4-18(28)7-15/h2-10H,11-13H2,1H3/b22-9-. The summed E-state index contributed by atoms with van der Waals surface area (Å²) in [5.41, 5.74) is 3.76. The molecule has 0 aliphatic carbocycles. The number of carbonyl (C=O) groups is 1. The number of Topliss-reactive ketones (excluding diaryl/α,β-unsaturated/α-hetero) is 1. The predicted molar refractivity (Wildman–Crippen MR) is 122 cm³/mol. The molecule has 4 nitrogen and oxygen atoms in total. The highest BCUT2D eigenvalue weighted by atomic mass is 35.5. The van der Waals surface area contributed by atoms with Crippen LogP contribution in [0.15, 0.2) is 54.3 Å². The summed E-state index contributed by atoms with van der Waals surface area (Å²) in [4.78, 5) is 15.1. The number of fused-ring (bicyclic) bond motifs is 2. The first-order chi connectivity index (χ1) is 15.4. The first-order valence-corrected chi connectivity index (χ1v) is 10.8. The van der Waals surface area contributed by atoms with Crippen LogP contribution in [-0.4, -0.2) is 17.4 Å². The molecule has 0 N–H and O–H groups in total. The summed E-state index contributed by atoms with van der Waals surface area (Å²) in [7, 11) is 0. The van der Waals surface area contributed by atoms with Crippen LogP contribution in [0.4, 0.5) is 4.39 Å². The largest absolute Gasteiger partial charge is 0.477 e. The van der Waals surface area contributed by atoms with Crippen molar-refractivity contribution in [3.8, 4) is 11.5 Å². The SMILES string of the molecule is Cc1c2c(cc3c1O/C(=C\c1cccc(F)c1)C3=O)CN(Cc1ccc(Cl)c(Cl)c1)CO2. The van der Waals surface area contributed by atoms with Gasteiger partial charge in [0.15, 0.2) is 5.76 Å². The summed E-state index contributed by atoms with van der Waals surface area (Å²) in [6.07, 6.45) is 1.56. The lowest BCUT2D eigenvalue weighted by atomic mass is 10.00. The fraction of sp³-hybridized carbons (Fsp3) is 0.160. The minimum atomic E-state index is -0.371. The number of halogens is 3. The van der Waals surface area contributed by atoms with Gasteiger partial charge in [-0.3, -0.25) is 9.69 Å². The molecule has 0 radical (unpaired) electrons. The van der Waals surface area contributed by atoms with Crippen molar-refractivity contribution in [1.82, 2.24) is 4.90 Å². The van der Waals surface area contributed by atoms with Gasteiger partial charge in [0.25, 0.3) is 0 Å². The Labute approximate surface area is 194 Å². The van der Waals surface area contributed by atoms with Crippen LogP contribution in [0.1, 0.15) is 32.6 Å². The number of allylic oxidation sites excluding steroid dienone is 1. The lowest BCUT2D eigenvalue weighted by Crippen LogP contribution is -2.32. The number of rotatable bonds is 3. The monoisotopic (exact) mass is 469 g/mol. The van der Waals surface area contributed by atoms with Gasteiger partial charge in [-0.2, -0.15) is 0 Å². The van der Waals surface area contributed by atoms with Crippen molar-refractivity contribution in [2.45, 2.75) is 20.0 Å². The summed E-state index contributed by atoms with van der Waals surface area (Å²) in [5, 5.41) is 1.03. The normalized spacial score (nSPS) is 16.5.